The third-order valence-corrected chi connectivity index (χ3v) is 13.5. The van der Waals surface area contributed by atoms with E-state index in [-0.39, 0.29) is 17.5 Å². The summed E-state index contributed by atoms with van der Waals surface area (Å²) in [4.78, 5) is 0. The summed E-state index contributed by atoms with van der Waals surface area (Å²) in [5.41, 5.74) is 18.1. The molecule has 378 valence electrons. The predicted octanol–water partition coefficient (Wildman–Crippen LogP) is 20.7. The van der Waals surface area contributed by atoms with E-state index in [0.717, 1.165) is 108 Å². The van der Waals surface area contributed by atoms with Gasteiger partial charge in [0.05, 0.1) is 0 Å². The molecule has 0 fully saturated rings. The highest BCUT2D eigenvalue weighted by molar-refractivity contribution is 5.74. The molecule has 0 aliphatic rings. The van der Waals surface area contributed by atoms with E-state index in [1.54, 1.807) is 18.2 Å². The first-order valence-electron chi connectivity index (χ1n) is 26.3. The van der Waals surface area contributed by atoms with Gasteiger partial charge in [-0.15, -0.1) is 19.7 Å². The first-order chi connectivity index (χ1) is 36.6. The Morgan fingerprint density at radius 3 is 0.827 bits per heavy atom. The Morgan fingerprint density at radius 1 is 0.307 bits per heavy atom. The Bertz CT molecular complexity index is 3230. The van der Waals surface area contributed by atoms with Gasteiger partial charge in [0.2, 0.25) is 0 Å². The summed E-state index contributed by atoms with van der Waals surface area (Å²) >= 11 is 0. The molecule has 9 aromatic carbocycles. The lowest BCUT2D eigenvalue weighted by molar-refractivity contribution is 0.631. The normalized spacial score (nSPS) is 10.6. The van der Waals surface area contributed by atoms with Crippen LogP contribution in [0.15, 0.2) is 238 Å². The molecule has 9 rings (SSSR count). The van der Waals surface area contributed by atoms with Crippen molar-refractivity contribution >= 4 is 0 Å². The van der Waals surface area contributed by atoms with Crippen LogP contribution in [0.5, 0.6) is 0 Å². The minimum absolute atomic E-state index is 0.182. The number of rotatable bonds is 18. The van der Waals surface area contributed by atoms with E-state index in [1.165, 1.54) is 33.4 Å². The summed E-state index contributed by atoms with van der Waals surface area (Å²) in [6.07, 6.45) is 14.8. The molecule has 0 atom stereocenters. The van der Waals surface area contributed by atoms with Crippen LogP contribution in [0.4, 0.5) is 13.2 Å². The van der Waals surface area contributed by atoms with Gasteiger partial charge < -0.3 is 0 Å². The van der Waals surface area contributed by atoms with E-state index >= 15 is 0 Å². The molecule has 0 N–H and O–H groups in total. The number of halogens is 3. The molecule has 0 saturated heterocycles. The molecule has 0 bridgehead atoms. The predicted molar refractivity (Wildman–Crippen MR) is 315 cm³/mol. The Kier molecular flexibility index (Phi) is 20.4. The average Bonchev–Trinajstić information content (AvgIpc) is 3.45. The second-order valence-corrected chi connectivity index (χ2v) is 19.0. The Morgan fingerprint density at radius 2 is 0.560 bits per heavy atom. The van der Waals surface area contributed by atoms with Crippen LogP contribution in [0, 0.1) is 24.4 Å². The van der Waals surface area contributed by atoms with Crippen molar-refractivity contribution in [3.05, 3.63) is 289 Å². The van der Waals surface area contributed by atoms with Gasteiger partial charge >= 0.3 is 0 Å². The van der Waals surface area contributed by atoms with Gasteiger partial charge in [-0.2, -0.15) is 0 Å². The first kappa shape index (κ1) is 54.8. The van der Waals surface area contributed by atoms with Gasteiger partial charge in [-0.3, -0.25) is 0 Å². The van der Waals surface area contributed by atoms with E-state index in [1.807, 2.05) is 122 Å². The minimum Gasteiger partial charge on any atom is -0.206 e. The zero-order valence-electron chi connectivity index (χ0n) is 43.9. The van der Waals surface area contributed by atoms with Gasteiger partial charge in [-0.05, 0) is 154 Å². The largest absolute Gasteiger partial charge is 0.206 e. The SMILES string of the molecule is C=CCCc1ccc(-c2ccc(-c3ccc(C)cc3)cc2F)cc1.C=CCCc1ccc(-c2ccc(-c3ccc(CC)cc3)cc2F)cc1.C=CCCc1ccc(-c2ccc(-c3ccc(CCC)cc3)cc2F)cc1. The maximum absolute atomic E-state index is 14.7. The lowest BCUT2D eigenvalue weighted by Gasteiger charge is -2.09. The Labute approximate surface area is 445 Å². The second kappa shape index (κ2) is 27.9. The molecule has 0 heterocycles. The third-order valence-electron chi connectivity index (χ3n) is 13.5. The monoisotopic (exact) mass is 991 g/mol. The molecule has 9 aromatic rings. The Balaban J connectivity index is 0.000000164. The quantitative estimate of drug-likeness (QED) is 0.0752. The van der Waals surface area contributed by atoms with Crippen LogP contribution in [0.25, 0.3) is 66.8 Å². The second-order valence-electron chi connectivity index (χ2n) is 19.0. The Hall–Kier alpha value is -8.01. The van der Waals surface area contributed by atoms with Gasteiger partial charge in [-0.1, -0.05) is 226 Å². The summed E-state index contributed by atoms with van der Waals surface area (Å²) in [5.74, 6) is -0.554. The zero-order valence-corrected chi connectivity index (χ0v) is 43.9. The van der Waals surface area contributed by atoms with Crippen LogP contribution < -0.4 is 0 Å². The number of hydrogen-bond acceptors (Lipinski definition) is 0. The number of aryl methyl sites for hydroxylation is 6. The van der Waals surface area contributed by atoms with Gasteiger partial charge in [0.1, 0.15) is 17.5 Å². The molecule has 0 nitrogen and oxygen atoms in total. The van der Waals surface area contributed by atoms with Crippen LogP contribution in [-0.4, -0.2) is 0 Å². The molecule has 0 aliphatic carbocycles. The van der Waals surface area contributed by atoms with Crippen molar-refractivity contribution in [2.24, 2.45) is 0 Å². The maximum atomic E-state index is 14.7. The van der Waals surface area contributed by atoms with Gasteiger partial charge in [0.25, 0.3) is 0 Å². The summed E-state index contributed by atoms with van der Waals surface area (Å²) < 4.78 is 44.0. The van der Waals surface area contributed by atoms with Gasteiger partial charge in [0.15, 0.2) is 0 Å². The zero-order chi connectivity index (χ0) is 52.9. The standard InChI is InChI=1S/C25H25F.C24H23F.C23H21F/c1-3-5-7-20-10-14-22(15-11-20)24-17-16-23(18-25(24)26)21-12-8-19(6-4-2)9-13-21;1-3-5-6-19-9-13-21(14-10-19)23-16-15-22(17-24(23)25)20-11-7-18(4-2)8-12-20;1-3-4-5-18-8-12-20(13-9-18)22-15-14-21(16-23(22)24)19-10-6-17(2)7-11-19/h3,8-18H,1,4-7H2,2H3;3,7-17H,1,4-6H2,2H3;3,6-16H,1,4-5H2,2H3. The summed E-state index contributed by atoms with van der Waals surface area (Å²) in [6, 6.07) is 65.7. The van der Waals surface area contributed by atoms with E-state index in [4.69, 9.17) is 0 Å². The summed E-state index contributed by atoms with van der Waals surface area (Å²) in [6.45, 7) is 17.6. The van der Waals surface area contributed by atoms with Crippen molar-refractivity contribution < 1.29 is 13.2 Å². The maximum Gasteiger partial charge on any atom is 0.131 e. The van der Waals surface area contributed by atoms with E-state index in [2.05, 4.69) is 119 Å². The van der Waals surface area contributed by atoms with Gasteiger partial charge in [-0.25, -0.2) is 13.2 Å². The molecule has 0 saturated carbocycles. The number of hydrogen-bond donors (Lipinski definition) is 0. The minimum atomic E-state index is -0.188. The molecule has 75 heavy (non-hydrogen) atoms. The van der Waals surface area contributed by atoms with Crippen LogP contribution in [0.3, 0.4) is 0 Å². The molecule has 0 amide bonds. The van der Waals surface area contributed by atoms with E-state index in [9.17, 15) is 13.2 Å². The molecular weight excluding hydrogens is 922 g/mol. The average molecular weight is 991 g/mol. The van der Waals surface area contributed by atoms with Gasteiger partial charge in [0, 0.05) is 16.7 Å². The lowest BCUT2D eigenvalue weighted by Crippen LogP contribution is -1.89. The smallest absolute Gasteiger partial charge is 0.131 e. The van der Waals surface area contributed by atoms with Crippen molar-refractivity contribution in [3.8, 4) is 66.8 Å². The topological polar surface area (TPSA) is 0 Å². The third kappa shape index (κ3) is 15.5. The van der Waals surface area contributed by atoms with Crippen molar-refractivity contribution in [1.82, 2.24) is 0 Å². The number of allylic oxidation sites excluding steroid dienone is 3. The van der Waals surface area contributed by atoms with E-state index < -0.39 is 0 Å². The fourth-order valence-electron chi connectivity index (χ4n) is 8.98. The first-order valence-corrected chi connectivity index (χ1v) is 26.3. The molecule has 0 aliphatic heterocycles. The fraction of sp³-hybridized carbons (Fsp3) is 0.167. The fourth-order valence-corrected chi connectivity index (χ4v) is 8.98. The van der Waals surface area contributed by atoms with Crippen molar-refractivity contribution in [2.45, 2.75) is 78.6 Å². The molecular formula is C72H69F3. The van der Waals surface area contributed by atoms with Crippen LogP contribution >= 0.6 is 0 Å². The van der Waals surface area contributed by atoms with E-state index in [0.29, 0.717) is 16.7 Å². The highest BCUT2D eigenvalue weighted by Gasteiger charge is 2.11. The van der Waals surface area contributed by atoms with Crippen LogP contribution in [0.1, 0.15) is 72.9 Å². The molecule has 0 unspecified atom stereocenters. The lowest BCUT2D eigenvalue weighted by atomic mass is 9.97. The van der Waals surface area contributed by atoms with Crippen molar-refractivity contribution in [3.63, 3.8) is 0 Å². The van der Waals surface area contributed by atoms with Crippen LogP contribution in [-0.2, 0) is 32.1 Å². The number of benzene rings is 9. The summed E-state index contributed by atoms with van der Waals surface area (Å²) in [7, 11) is 0. The molecule has 3 heteroatoms. The molecule has 0 spiro atoms. The van der Waals surface area contributed by atoms with Crippen LogP contribution in [0.2, 0.25) is 0 Å². The summed E-state index contributed by atoms with van der Waals surface area (Å²) in [5, 5.41) is 0. The molecule has 0 aromatic heterocycles. The highest BCUT2D eigenvalue weighted by atomic mass is 19.1. The van der Waals surface area contributed by atoms with Crippen molar-refractivity contribution in [1.29, 1.82) is 0 Å². The van der Waals surface area contributed by atoms with Crippen molar-refractivity contribution in [2.75, 3.05) is 0 Å². The molecule has 0 radical (unpaired) electrons. The highest BCUT2D eigenvalue weighted by Crippen LogP contribution is 2.32.